The Morgan fingerprint density at radius 3 is 0.731 bits per heavy atom. The number of hydrogen-bond acceptors (Lipinski definition) is 15. The number of carbonyl (C=O) groups excluding carboxylic acids is 4. The third kappa shape index (κ3) is 68.4. The van der Waals surface area contributed by atoms with Crippen LogP contribution in [0.4, 0.5) is 0 Å². The minimum absolute atomic E-state index is 0.106. The second-order valence-corrected chi connectivity index (χ2v) is 30.5. The molecule has 0 aromatic heterocycles. The van der Waals surface area contributed by atoms with Crippen molar-refractivity contribution in [2.24, 2.45) is 11.8 Å². The maximum Gasteiger partial charge on any atom is 0.472 e. The Balaban J connectivity index is 5.23. The topological polar surface area (TPSA) is 237 Å². The summed E-state index contributed by atoms with van der Waals surface area (Å²) >= 11 is 0. The SMILES string of the molecule is CCCCCCCCCCCCCCCCC(=O)OC[C@H](COP(=O)(O)OC[C@@H](O)COP(=O)(O)OC[C@@H](COC(=O)CCCCCCCCC(C)C)OC(=O)CCCCCCCCCCCCCC)OC(=O)CCCCCCCCCCCCCCCCCC(C)C. The molecular formula is C74H144O17P2. The maximum absolute atomic E-state index is 13.1. The largest absolute Gasteiger partial charge is 0.472 e. The highest BCUT2D eigenvalue weighted by atomic mass is 31.2. The van der Waals surface area contributed by atoms with Gasteiger partial charge in [0, 0.05) is 25.7 Å². The summed E-state index contributed by atoms with van der Waals surface area (Å²) in [6.45, 7) is 9.53. The van der Waals surface area contributed by atoms with Crippen molar-refractivity contribution in [1.82, 2.24) is 0 Å². The summed E-state index contributed by atoms with van der Waals surface area (Å²) in [5, 5.41) is 10.6. The van der Waals surface area contributed by atoms with Crippen LogP contribution in [0.2, 0.25) is 0 Å². The van der Waals surface area contributed by atoms with Crippen LogP contribution in [0.25, 0.3) is 0 Å². The lowest BCUT2D eigenvalue weighted by molar-refractivity contribution is -0.161. The average molecular weight is 1370 g/mol. The van der Waals surface area contributed by atoms with E-state index in [0.717, 1.165) is 102 Å². The van der Waals surface area contributed by atoms with Gasteiger partial charge in [0.1, 0.15) is 19.3 Å². The van der Waals surface area contributed by atoms with Crippen molar-refractivity contribution >= 4 is 39.5 Å². The number of ether oxygens (including phenoxy) is 4. The van der Waals surface area contributed by atoms with E-state index in [0.29, 0.717) is 31.6 Å². The standard InChI is InChI=1S/C74H144O17P2/c1-7-9-11-13-15-17-19-21-26-30-33-37-44-50-56-71(76)84-62-69(90-74(79)59-53-47-39-35-31-27-24-22-23-25-28-32-36-42-48-54-66(3)4)64-88-92(80,81)86-60-68(75)61-87-93(82,83)89-65-70(63-85-72(77)57-51-45-41-40-43-49-55-67(5)6)91-73(78)58-52-46-38-34-29-20-18-16-14-12-10-8-2/h66-70,75H,7-65H2,1-6H3,(H,80,81)(H,82,83)/t68-,69-,70-/m1/s1. The monoisotopic (exact) mass is 1370 g/mol. The molecule has 3 N–H and O–H groups in total. The molecule has 0 bridgehead atoms. The molecule has 0 aliphatic carbocycles. The molecule has 0 saturated heterocycles. The molecular weight excluding hydrogens is 1220 g/mol. The van der Waals surface area contributed by atoms with Crippen LogP contribution in [0.3, 0.4) is 0 Å². The third-order valence-electron chi connectivity index (χ3n) is 17.2. The van der Waals surface area contributed by atoms with E-state index >= 15 is 0 Å². The first-order valence-corrected chi connectivity index (χ1v) is 41.5. The van der Waals surface area contributed by atoms with Crippen LogP contribution in [0.15, 0.2) is 0 Å². The van der Waals surface area contributed by atoms with Crippen molar-refractivity contribution in [2.75, 3.05) is 39.6 Å². The average Bonchev–Trinajstić information content (AvgIpc) is 2.43. The molecule has 0 aromatic rings. The number of phosphoric ester groups is 2. The molecule has 19 heteroatoms. The van der Waals surface area contributed by atoms with E-state index in [2.05, 4.69) is 41.5 Å². The number of aliphatic hydroxyl groups excluding tert-OH is 1. The quantitative estimate of drug-likeness (QED) is 0.0222. The molecule has 0 amide bonds. The number of esters is 4. The first-order chi connectivity index (χ1) is 44.9. The number of hydrogen-bond donors (Lipinski definition) is 3. The first-order valence-electron chi connectivity index (χ1n) is 38.5. The van der Waals surface area contributed by atoms with Gasteiger partial charge in [0.25, 0.3) is 0 Å². The van der Waals surface area contributed by atoms with Gasteiger partial charge < -0.3 is 33.8 Å². The van der Waals surface area contributed by atoms with Gasteiger partial charge in [-0.25, -0.2) is 9.13 Å². The predicted molar refractivity (Wildman–Crippen MR) is 377 cm³/mol. The van der Waals surface area contributed by atoms with Gasteiger partial charge in [0.15, 0.2) is 12.2 Å². The van der Waals surface area contributed by atoms with Crippen molar-refractivity contribution in [1.29, 1.82) is 0 Å². The summed E-state index contributed by atoms with van der Waals surface area (Å²) < 4.78 is 68.4. The number of rotatable bonds is 73. The van der Waals surface area contributed by atoms with Crippen LogP contribution in [0, 0.1) is 11.8 Å². The van der Waals surface area contributed by atoms with Gasteiger partial charge in [0.05, 0.1) is 26.4 Å². The molecule has 0 fully saturated rings. The van der Waals surface area contributed by atoms with E-state index in [4.69, 9.17) is 37.0 Å². The molecule has 0 rings (SSSR count). The number of unbranched alkanes of at least 4 members (excludes halogenated alkanes) is 43. The molecule has 0 heterocycles. The molecule has 0 spiro atoms. The van der Waals surface area contributed by atoms with Crippen molar-refractivity contribution in [2.45, 2.75) is 400 Å². The molecule has 2 unspecified atom stereocenters. The number of aliphatic hydroxyl groups is 1. The fraction of sp³-hybridized carbons (Fsp3) is 0.946. The smallest absolute Gasteiger partial charge is 0.462 e. The normalized spacial score (nSPS) is 14.1. The van der Waals surface area contributed by atoms with E-state index in [9.17, 15) is 43.2 Å². The zero-order valence-electron chi connectivity index (χ0n) is 60.6. The van der Waals surface area contributed by atoms with E-state index < -0.39 is 97.5 Å². The van der Waals surface area contributed by atoms with Crippen molar-refractivity contribution in [3.05, 3.63) is 0 Å². The fourth-order valence-electron chi connectivity index (χ4n) is 11.3. The number of phosphoric acid groups is 2. The highest BCUT2D eigenvalue weighted by Crippen LogP contribution is 2.45. The van der Waals surface area contributed by atoms with Gasteiger partial charge in [0.2, 0.25) is 0 Å². The Morgan fingerprint density at radius 1 is 0.290 bits per heavy atom. The maximum atomic E-state index is 13.1. The lowest BCUT2D eigenvalue weighted by atomic mass is 10.0. The molecule has 0 radical (unpaired) electrons. The lowest BCUT2D eigenvalue weighted by Crippen LogP contribution is -2.30. The van der Waals surface area contributed by atoms with E-state index in [1.54, 1.807) is 0 Å². The molecule has 17 nitrogen and oxygen atoms in total. The van der Waals surface area contributed by atoms with Crippen molar-refractivity contribution in [3.8, 4) is 0 Å². The molecule has 5 atom stereocenters. The van der Waals surface area contributed by atoms with Crippen LogP contribution < -0.4 is 0 Å². The van der Waals surface area contributed by atoms with Gasteiger partial charge in [-0.15, -0.1) is 0 Å². The van der Waals surface area contributed by atoms with Gasteiger partial charge in [-0.2, -0.15) is 0 Å². The Morgan fingerprint density at radius 2 is 0.495 bits per heavy atom. The summed E-state index contributed by atoms with van der Waals surface area (Å²) in [6, 6.07) is 0. The van der Waals surface area contributed by atoms with E-state index in [1.807, 2.05) is 0 Å². The highest BCUT2D eigenvalue weighted by molar-refractivity contribution is 7.47. The van der Waals surface area contributed by atoms with Crippen LogP contribution in [-0.4, -0.2) is 96.7 Å². The number of carbonyl (C=O) groups is 4. The minimum Gasteiger partial charge on any atom is -0.462 e. The molecule has 0 aliphatic heterocycles. The summed E-state index contributed by atoms with van der Waals surface area (Å²) in [5.41, 5.74) is 0. The van der Waals surface area contributed by atoms with Crippen molar-refractivity contribution in [3.63, 3.8) is 0 Å². The molecule has 93 heavy (non-hydrogen) atoms. The Labute approximate surface area is 568 Å². The Kier molecular flexibility index (Phi) is 64.6. The fourth-order valence-corrected chi connectivity index (χ4v) is 12.9. The Bertz CT molecular complexity index is 1800. The third-order valence-corrected chi connectivity index (χ3v) is 19.1. The minimum atomic E-state index is -4.96. The van der Waals surface area contributed by atoms with E-state index in [-0.39, 0.29) is 25.7 Å². The predicted octanol–water partition coefficient (Wildman–Crippen LogP) is 21.6. The molecule has 552 valence electrons. The van der Waals surface area contributed by atoms with Crippen LogP contribution in [-0.2, 0) is 65.4 Å². The van der Waals surface area contributed by atoms with Gasteiger partial charge in [-0.3, -0.25) is 37.3 Å². The molecule has 0 aromatic carbocycles. The van der Waals surface area contributed by atoms with Crippen molar-refractivity contribution < 1.29 is 80.2 Å². The van der Waals surface area contributed by atoms with Gasteiger partial charge in [-0.05, 0) is 37.5 Å². The van der Waals surface area contributed by atoms with Gasteiger partial charge in [-0.1, -0.05) is 330 Å². The molecule has 0 aliphatic rings. The van der Waals surface area contributed by atoms with E-state index in [1.165, 1.54) is 193 Å². The summed E-state index contributed by atoms with van der Waals surface area (Å²) in [5.74, 6) is -0.636. The Hall–Kier alpha value is -1.94. The zero-order chi connectivity index (χ0) is 68.6. The second-order valence-electron chi connectivity index (χ2n) is 27.6. The first kappa shape index (κ1) is 91.1. The summed E-state index contributed by atoms with van der Waals surface area (Å²) in [4.78, 5) is 72.7. The van der Waals surface area contributed by atoms with Crippen LogP contribution in [0.5, 0.6) is 0 Å². The highest BCUT2D eigenvalue weighted by Gasteiger charge is 2.30. The second kappa shape index (κ2) is 66.0. The summed E-state index contributed by atoms with van der Waals surface area (Å²) in [6.07, 6.45) is 52.8. The van der Waals surface area contributed by atoms with Gasteiger partial charge >= 0.3 is 39.5 Å². The van der Waals surface area contributed by atoms with Crippen LogP contribution >= 0.6 is 15.6 Å². The zero-order valence-corrected chi connectivity index (χ0v) is 62.3. The molecule has 0 saturated carbocycles. The summed E-state index contributed by atoms with van der Waals surface area (Å²) in [7, 11) is -9.91. The lowest BCUT2D eigenvalue weighted by Gasteiger charge is -2.21. The van der Waals surface area contributed by atoms with Crippen LogP contribution in [0.1, 0.15) is 382 Å².